The monoisotopic (exact) mass is 491 g/mol. The van der Waals surface area contributed by atoms with Gasteiger partial charge in [0.1, 0.15) is 18.2 Å². The summed E-state index contributed by atoms with van der Waals surface area (Å²) in [6, 6.07) is 15.2. The van der Waals surface area contributed by atoms with Crippen LogP contribution in [0.4, 0.5) is 10.3 Å². The molecule has 0 bridgehead atoms. The van der Waals surface area contributed by atoms with Crippen molar-refractivity contribution in [1.29, 1.82) is 5.26 Å². The van der Waals surface area contributed by atoms with Gasteiger partial charge in [0.05, 0.1) is 20.3 Å². The second kappa shape index (κ2) is 11.5. The summed E-state index contributed by atoms with van der Waals surface area (Å²) in [4.78, 5) is 14.7. The van der Waals surface area contributed by atoms with Crippen molar-refractivity contribution in [2.75, 3.05) is 43.6 Å². The highest BCUT2D eigenvalue weighted by Crippen LogP contribution is 2.30. The van der Waals surface area contributed by atoms with Crippen LogP contribution in [0.5, 0.6) is 11.5 Å². The summed E-state index contributed by atoms with van der Waals surface area (Å²) in [5.74, 6) is 0.515. The first kappa shape index (κ1) is 24.2. The van der Waals surface area contributed by atoms with Crippen LogP contribution in [0.2, 0.25) is 0 Å². The Bertz CT molecular complexity index is 1260. The largest absolute Gasteiger partial charge is 0.493 e. The molecule has 1 aliphatic rings. The number of hydrogen-bond donors (Lipinski definition) is 1. The van der Waals surface area contributed by atoms with Crippen molar-refractivity contribution in [3.8, 4) is 17.6 Å². The number of benzene rings is 2. The average Bonchev–Trinajstić information content (AvgIpc) is 3.36. The number of nitriles is 1. The molecule has 10 heteroatoms. The topological polar surface area (TPSA) is 110 Å². The van der Waals surface area contributed by atoms with Gasteiger partial charge < -0.3 is 19.1 Å². The molecule has 0 aliphatic carbocycles. The molecule has 0 radical (unpaired) electrons. The molecule has 1 aliphatic heterocycles. The number of hydrogen-bond acceptors (Lipinski definition) is 9. The Hall–Kier alpha value is -3.94. The molecular weight excluding hydrogens is 466 g/mol. The minimum atomic E-state index is -0.559. The zero-order chi connectivity index (χ0) is 24.6. The summed E-state index contributed by atoms with van der Waals surface area (Å²) >= 11 is 1.26. The fraction of sp³-hybridized carbons (Fsp3) is 0.280. The number of carbonyl (C=O) groups is 1. The maximum atomic E-state index is 12.7. The molecule has 0 spiro atoms. The molecule has 0 unspecified atom stereocenters. The van der Waals surface area contributed by atoms with Gasteiger partial charge in [-0.15, -0.1) is 10.2 Å². The van der Waals surface area contributed by atoms with Crippen LogP contribution in [0.25, 0.3) is 6.08 Å². The number of aromatic nitrogens is 2. The molecule has 9 nitrogen and oxygen atoms in total. The van der Waals surface area contributed by atoms with Crippen molar-refractivity contribution < 1.29 is 19.0 Å². The van der Waals surface area contributed by atoms with Gasteiger partial charge in [-0.3, -0.25) is 10.1 Å². The van der Waals surface area contributed by atoms with Crippen LogP contribution in [-0.2, 0) is 16.1 Å². The van der Waals surface area contributed by atoms with Crippen LogP contribution in [0.3, 0.4) is 0 Å². The fourth-order valence-electron chi connectivity index (χ4n) is 3.45. The van der Waals surface area contributed by atoms with Gasteiger partial charge in [0.2, 0.25) is 10.3 Å². The highest BCUT2D eigenvalue weighted by molar-refractivity contribution is 7.19. The van der Waals surface area contributed by atoms with E-state index in [4.69, 9.17) is 14.2 Å². The number of ether oxygens (including phenoxy) is 3. The van der Waals surface area contributed by atoms with Gasteiger partial charge in [0, 0.05) is 13.1 Å². The van der Waals surface area contributed by atoms with Crippen LogP contribution >= 0.6 is 11.3 Å². The normalized spacial score (nSPS) is 13.7. The number of nitrogens with one attached hydrogen (secondary N) is 1. The number of aryl methyl sites for hydroxylation is 1. The second-order valence-corrected chi connectivity index (χ2v) is 8.69. The molecule has 1 aromatic heterocycles. The van der Waals surface area contributed by atoms with Crippen LogP contribution in [0.1, 0.15) is 16.7 Å². The van der Waals surface area contributed by atoms with E-state index in [9.17, 15) is 10.1 Å². The number of carbonyl (C=O) groups excluding carboxylic acids is 1. The predicted octanol–water partition coefficient (Wildman–Crippen LogP) is 3.82. The van der Waals surface area contributed by atoms with E-state index in [2.05, 4.69) is 15.5 Å². The van der Waals surface area contributed by atoms with Gasteiger partial charge in [-0.25, -0.2) is 0 Å². The first-order valence-corrected chi connectivity index (χ1v) is 11.8. The Kier molecular flexibility index (Phi) is 7.92. The average molecular weight is 492 g/mol. The van der Waals surface area contributed by atoms with Crippen LogP contribution < -0.4 is 19.7 Å². The Morgan fingerprint density at radius 1 is 1.23 bits per heavy atom. The molecular formula is C25H25N5O4S. The van der Waals surface area contributed by atoms with Crippen LogP contribution in [-0.4, -0.2) is 49.5 Å². The van der Waals surface area contributed by atoms with Crippen molar-refractivity contribution in [1.82, 2.24) is 10.2 Å². The Morgan fingerprint density at radius 2 is 2.03 bits per heavy atom. The lowest BCUT2D eigenvalue weighted by Crippen LogP contribution is -2.36. The van der Waals surface area contributed by atoms with E-state index in [0.29, 0.717) is 47.1 Å². The van der Waals surface area contributed by atoms with Gasteiger partial charge >= 0.3 is 0 Å². The first-order valence-electron chi connectivity index (χ1n) is 11.0. The molecule has 0 saturated carbocycles. The molecule has 0 atom stereocenters. The molecule has 2 aromatic carbocycles. The van der Waals surface area contributed by atoms with E-state index < -0.39 is 5.91 Å². The van der Waals surface area contributed by atoms with E-state index >= 15 is 0 Å². The van der Waals surface area contributed by atoms with Crippen LogP contribution in [0, 0.1) is 18.3 Å². The maximum Gasteiger partial charge on any atom is 0.268 e. The summed E-state index contributed by atoms with van der Waals surface area (Å²) in [6.45, 7) is 5.13. The third kappa shape index (κ3) is 6.15. The van der Waals surface area contributed by atoms with Crippen molar-refractivity contribution >= 4 is 33.6 Å². The minimum absolute atomic E-state index is 0.0660. The first-order chi connectivity index (χ1) is 17.1. The van der Waals surface area contributed by atoms with E-state index in [1.165, 1.54) is 17.4 Å². The molecule has 3 aromatic rings. The zero-order valence-electron chi connectivity index (χ0n) is 19.5. The standard InChI is InChI=1S/C25H25N5O4S/c1-17-5-3-4-6-19(17)16-34-21-8-7-18(14-22(21)32-2)13-20(15-26)23(31)27-24-28-29-25(35-24)30-9-11-33-12-10-30/h3-8,13-14H,9-12,16H2,1-2H3,(H,27,28,31)/b20-13-. The Morgan fingerprint density at radius 3 is 2.77 bits per heavy atom. The van der Waals surface area contributed by atoms with Crippen LogP contribution in [0.15, 0.2) is 48.0 Å². The minimum Gasteiger partial charge on any atom is -0.493 e. The second-order valence-electron chi connectivity index (χ2n) is 7.74. The van der Waals surface area contributed by atoms with Crippen molar-refractivity contribution in [3.05, 3.63) is 64.7 Å². The van der Waals surface area contributed by atoms with Gasteiger partial charge in [-0.05, 0) is 41.8 Å². The molecule has 1 saturated heterocycles. The van der Waals surface area contributed by atoms with Crippen molar-refractivity contribution in [3.63, 3.8) is 0 Å². The van der Waals surface area contributed by atoms with E-state index in [1.807, 2.05) is 42.2 Å². The number of anilines is 2. The fourth-order valence-corrected chi connectivity index (χ4v) is 4.24. The highest BCUT2D eigenvalue weighted by atomic mass is 32.1. The SMILES string of the molecule is COc1cc(/C=C(/C#N)C(=O)Nc2nnc(N3CCOCC3)s2)ccc1OCc1ccccc1C. The number of nitrogens with zero attached hydrogens (tertiary/aromatic N) is 4. The lowest BCUT2D eigenvalue weighted by atomic mass is 10.1. The summed E-state index contributed by atoms with van der Waals surface area (Å²) < 4.78 is 16.8. The Balaban J connectivity index is 1.44. The summed E-state index contributed by atoms with van der Waals surface area (Å²) in [7, 11) is 1.54. The lowest BCUT2D eigenvalue weighted by Gasteiger charge is -2.25. The molecule has 180 valence electrons. The maximum absolute atomic E-state index is 12.7. The number of amides is 1. The number of rotatable bonds is 8. The molecule has 1 N–H and O–H groups in total. The third-order valence-corrected chi connectivity index (χ3v) is 6.32. The number of morpholine rings is 1. The van der Waals surface area contributed by atoms with Gasteiger partial charge in [-0.2, -0.15) is 5.26 Å². The molecule has 35 heavy (non-hydrogen) atoms. The van der Waals surface area contributed by atoms with Crippen molar-refractivity contribution in [2.24, 2.45) is 0 Å². The summed E-state index contributed by atoms with van der Waals surface area (Å²) in [5, 5.41) is 21.4. The highest BCUT2D eigenvalue weighted by Gasteiger charge is 2.18. The lowest BCUT2D eigenvalue weighted by molar-refractivity contribution is -0.112. The molecule has 1 amide bonds. The molecule has 1 fully saturated rings. The predicted molar refractivity (Wildman–Crippen MR) is 134 cm³/mol. The third-order valence-electron chi connectivity index (χ3n) is 5.42. The zero-order valence-corrected chi connectivity index (χ0v) is 20.3. The van der Waals surface area contributed by atoms with E-state index in [0.717, 1.165) is 24.2 Å². The molecule has 4 rings (SSSR count). The summed E-state index contributed by atoms with van der Waals surface area (Å²) in [6.07, 6.45) is 1.49. The van der Waals surface area contributed by atoms with Gasteiger partial charge in [0.15, 0.2) is 11.5 Å². The van der Waals surface area contributed by atoms with E-state index in [1.54, 1.807) is 25.3 Å². The van der Waals surface area contributed by atoms with E-state index in [-0.39, 0.29) is 5.57 Å². The smallest absolute Gasteiger partial charge is 0.268 e. The Labute approximate surface area is 207 Å². The van der Waals surface area contributed by atoms with Gasteiger partial charge in [-0.1, -0.05) is 41.7 Å². The van der Waals surface area contributed by atoms with Crippen molar-refractivity contribution in [2.45, 2.75) is 13.5 Å². The summed E-state index contributed by atoms with van der Waals surface area (Å²) in [5.41, 5.74) is 2.78. The molecule has 2 heterocycles. The van der Waals surface area contributed by atoms with Gasteiger partial charge in [0.25, 0.3) is 5.91 Å². The quantitative estimate of drug-likeness (QED) is 0.374. The number of methoxy groups -OCH3 is 1.